The Kier molecular flexibility index (Phi) is 5.60. The zero-order chi connectivity index (χ0) is 12.7. The summed E-state index contributed by atoms with van der Waals surface area (Å²) in [5.41, 5.74) is 6.19. The van der Waals surface area contributed by atoms with E-state index < -0.39 is 5.91 Å². The Morgan fingerprint density at radius 1 is 1.65 bits per heavy atom. The Labute approximate surface area is 108 Å². The molecule has 0 aliphatic carbocycles. The second-order valence-electron chi connectivity index (χ2n) is 2.99. The van der Waals surface area contributed by atoms with Gasteiger partial charge in [-0.15, -0.1) is 23.5 Å². The number of nitriles is 1. The van der Waals surface area contributed by atoms with E-state index in [1.165, 1.54) is 23.5 Å². The molecule has 0 atom stereocenters. The number of rotatable bonds is 5. The van der Waals surface area contributed by atoms with Crippen molar-refractivity contribution in [1.82, 2.24) is 4.98 Å². The molecule has 0 radical (unpaired) electrons. The zero-order valence-corrected chi connectivity index (χ0v) is 10.8. The molecule has 88 valence electrons. The largest absolute Gasteiger partial charge is 0.365 e. The summed E-state index contributed by atoms with van der Waals surface area (Å²) in [6.45, 7) is 0. The van der Waals surface area contributed by atoms with Gasteiger partial charge in [0.05, 0.1) is 4.24 Å². The van der Waals surface area contributed by atoms with Crippen molar-refractivity contribution in [3.8, 4) is 6.07 Å². The van der Waals surface area contributed by atoms with Crippen LogP contribution >= 0.6 is 23.5 Å². The molecule has 4 nitrogen and oxygen atoms in total. The van der Waals surface area contributed by atoms with Crippen molar-refractivity contribution >= 4 is 29.4 Å². The Bertz CT molecular complexity index is 465. The first kappa shape index (κ1) is 13.6. The number of pyridine rings is 1. The van der Waals surface area contributed by atoms with Gasteiger partial charge in [0, 0.05) is 18.1 Å². The second-order valence-corrected chi connectivity index (χ2v) is 5.05. The molecule has 1 aromatic heterocycles. The van der Waals surface area contributed by atoms with Gasteiger partial charge >= 0.3 is 0 Å². The summed E-state index contributed by atoms with van der Waals surface area (Å²) in [7, 11) is 0. The quantitative estimate of drug-likeness (QED) is 0.649. The molecular weight excluding hydrogens is 254 g/mol. The molecule has 2 N–H and O–H groups in total. The first-order valence-corrected chi connectivity index (χ1v) is 6.90. The highest BCUT2D eigenvalue weighted by molar-refractivity contribution is 8.21. The standard InChI is InChI=1S/C11H11N3OS2/c1-16-11(9(5-12)10(13)15)17-7-8-3-2-4-14-6-8/h2-4,6H,7H2,1H3,(H2,13,15). The molecule has 1 aromatic rings. The van der Waals surface area contributed by atoms with Gasteiger partial charge in [0.1, 0.15) is 11.6 Å². The number of hydrogen-bond donors (Lipinski definition) is 1. The number of thioether (sulfide) groups is 2. The monoisotopic (exact) mass is 265 g/mol. The van der Waals surface area contributed by atoms with Crippen molar-refractivity contribution in [2.24, 2.45) is 5.73 Å². The van der Waals surface area contributed by atoms with Gasteiger partial charge in [0.25, 0.3) is 5.91 Å². The fraction of sp³-hybridized carbons (Fsp3) is 0.182. The molecule has 1 amide bonds. The number of carbonyl (C=O) groups excluding carboxylic acids is 1. The lowest BCUT2D eigenvalue weighted by atomic mass is 10.3. The van der Waals surface area contributed by atoms with Crippen molar-refractivity contribution in [2.45, 2.75) is 5.75 Å². The lowest BCUT2D eigenvalue weighted by Crippen LogP contribution is -2.13. The Balaban J connectivity index is 2.78. The molecule has 0 saturated carbocycles. The number of hydrogen-bond acceptors (Lipinski definition) is 5. The van der Waals surface area contributed by atoms with Crippen molar-refractivity contribution in [3.63, 3.8) is 0 Å². The fourth-order valence-corrected chi connectivity index (χ4v) is 2.82. The second kappa shape index (κ2) is 6.99. The number of primary amides is 1. The van der Waals surface area contributed by atoms with Gasteiger partial charge in [-0.1, -0.05) is 6.07 Å². The number of nitrogens with two attached hydrogens (primary N) is 1. The van der Waals surface area contributed by atoms with Gasteiger partial charge in [0.15, 0.2) is 0 Å². The molecule has 17 heavy (non-hydrogen) atoms. The molecule has 0 unspecified atom stereocenters. The molecule has 0 spiro atoms. The third-order valence-electron chi connectivity index (χ3n) is 1.84. The summed E-state index contributed by atoms with van der Waals surface area (Å²) in [6, 6.07) is 5.62. The van der Waals surface area contributed by atoms with Gasteiger partial charge in [-0.2, -0.15) is 5.26 Å². The molecule has 1 heterocycles. The van der Waals surface area contributed by atoms with E-state index in [2.05, 4.69) is 4.98 Å². The van der Waals surface area contributed by atoms with Gasteiger partial charge < -0.3 is 5.73 Å². The maximum absolute atomic E-state index is 11.0. The van der Waals surface area contributed by atoms with Crippen LogP contribution in [-0.4, -0.2) is 17.1 Å². The Morgan fingerprint density at radius 2 is 2.41 bits per heavy atom. The van der Waals surface area contributed by atoms with Crippen LogP contribution in [0.4, 0.5) is 0 Å². The lowest BCUT2D eigenvalue weighted by Gasteiger charge is -2.05. The first-order valence-electron chi connectivity index (χ1n) is 4.69. The lowest BCUT2D eigenvalue weighted by molar-refractivity contribution is -0.114. The summed E-state index contributed by atoms with van der Waals surface area (Å²) in [5, 5.41) is 8.85. The topological polar surface area (TPSA) is 79.8 Å². The minimum absolute atomic E-state index is 0.0198. The molecule has 0 saturated heterocycles. The summed E-state index contributed by atoms with van der Waals surface area (Å²) < 4.78 is 0.642. The average molecular weight is 265 g/mol. The molecule has 0 aliphatic heterocycles. The molecule has 0 fully saturated rings. The number of aromatic nitrogens is 1. The predicted octanol–water partition coefficient (Wildman–Crippen LogP) is 1.90. The van der Waals surface area contributed by atoms with Crippen molar-refractivity contribution in [3.05, 3.63) is 39.9 Å². The first-order chi connectivity index (χ1) is 8.19. The Morgan fingerprint density at radius 3 is 2.88 bits per heavy atom. The van der Waals surface area contributed by atoms with Crippen LogP contribution < -0.4 is 5.73 Å². The van der Waals surface area contributed by atoms with Crippen molar-refractivity contribution in [2.75, 3.05) is 6.26 Å². The summed E-state index contributed by atoms with van der Waals surface area (Å²) >= 11 is 2.76. The highest BCUT2D eigenvalue weighted by atomic mass is 32.2. The van der Waals surface area contributed by atoms with E-state index >= 15 is 0 Å². The highest BCUT2D eigenvalue weighted by Crippen LogP contribution is 2.31. The maximum atomic E-state index is 11.0. The van der Waals surface area contributed by atoms with Gasteiger partial charge in [0.2, 0.25) is 0 Å². The molecule has 0 aromatic carbocycles. The van der Waals surface area contributed by atoms with E-state index in [0.717, 1.165) is 5.56 Å². The van der Waals surface area contributed by atoms with E-state index in [-0.39, 0.29) is 5.57 Å². The van der Waals surface area contributed by atoms with Crippen LogP contribution in [-0.2, 0) is 10.5 Å². The van der Waals surface area contributed by atoms with Crippen LogP contribution in [0, 0.1) is 11.3 Å². The van der Waals surface area contributed by atoms with Crippen LogP contribution in [0.15, 0.2) is 34.3 Å². The summed E-state index contributed by atoms with van der Waals surface area (Å²) in [4.78, 5) is 15.0. The minimum Gasteiger partial charge on any atom is -0.365 e. The predicted molar refractivity (Wildman–Crippen MR) is 70.9 cm³/mol. The van der Waals surface area contributed by atoms with Crippen LogP contribution in [0.2, 0.25) is 0 Å². The van der Waals surface area contributed by atoms with E-state index in [4.69, 9.17) is 11.0 Å². The van der Waals surface area contributed by atoms with Crippen molar-refractivity contribution < 1.29 is 4.79 Å². The molecule has 1 rings (SSSR count). The zero-order valence-electron chi connectivity index (χ0n) is 9.21. The Hall–Kier alpha value is -1.45. The third kappa shape index (κ3) is 4.13. The molecule has 0 aliphatic rings. The molecule has 0 bridgehead atoms. The van der Waals surface area contributed by atoms with E-state index in [1.807, 2.05) is 24.5 Å². The average Bonchev–Trinajstić information content (AvgIpc) is 2.35. The third-order valence-corrected chi connectivity index (χ3v) is 4.21. The molecular formula is C11H11N3OS2. The van der Waals surface area contributed by atoms with E-state index in [1.54, 1.807) is 12.4 Å². The van der Waals surface area contributed by atoms with Crippen molar-refractivity contribution in [1.29, 1.82) is 5.26 Å². The van der Waals surface area contributed by atoms with E-state index in [0.29, 0.717) is 9.99 Å². The highest BCUT2D eigenvalue weighted by Gasteiger charge is 2.12. The smallest absolute Gasteiger partial charge is 0.261 e. The van der Waals surface area contributed by atoms with E-state index in [9.17, 15) is 4.79 Å². The van der Waals surface area contributed by atoms with Gasteiger partial charge in [-0.25, -0.2) is 0 Å². The number of nitrogens with zero attached hydrogens (tertiary/aromatic N) is 2. The molecule has 6 heteroatoms. The van der Waals surface area contributed by atoms with Crippen LogP contribution in [0.1, 0.15) is 5.56 Å². The summed E-state index contributed by atoms with van der Waals surface area (Å²) in [5.74, 6) is -0.0295. The van der Waals surface area contributed by atoms with Crippen LogP contribution in [0.5, 0.6) is 0 Å². The number of carbonyl (C=O) groups is 1. The van der Waals surface area contributed by atoms with Gasteiger partial charge in [-0.05, 0) is 17.9 Å². The maximum Gasteiger partial charge on any atom is 0.261 e. The SMILES string of the molecule is CSC(SCc1cccnc1)=C(C#N)C(N)=O. The minimum atomic E-state index is -0.685. The van der Waals surface area contributed by atoms with Crippen LogP contribution in [0.3, 0.4) is 0 Å². The fourth-order valence-electron chi connectivity index (χ4n) is 1.07. The number of amides is 1. The van der Waals surface area contributed by atoms with Crippen LogP contribution in [0.25, 0.3) is 0 Å². The summed E-state index contributed by atoms with van der Waals surface area (Å²) in [6.07, 6.45) is 5.26. The normalized spacial score (nSPS) is 11.5. The van der Waals surface area contributed by atoms with Gasteiger partial charge in [-0.3, -0.25) is 9.78 Å².